The molecule has 11 heavy (non-hydrogen) atoms. The van der Waals surface area contributed by atoms with Crippen LogP contribution in [-0.4, -0.2) is 47.1 Å². The number of carboxylic acid groups (broad SMARTS) is 1. The number of carbonyl (C=O) groups is 1. The van der Waals surface area contributed by atoms with E-state index in [2.05, 4.69) is 5.32 Å². The normalized spacial score (nSPS) is 10.5. The molecule has 0 radical (unpaired) electrons. The lowest BCUT2D eigenvalue weighted by Crippen LogP contribution is -2.36. The fourth-order valence-corrected chi connectivity index (χ4v) is 0.570. The fraction of sp³-hybridized carbons (Fsp3) is 0.833. The number of rotatable bonds is 6. The minimum absolute atomic E-state index is 0.00347. The Kier molecular flexibility index (Phi) is 5.73. The molecule has 0 saturated heterocycles. The molecule has 0 aromatic rings. The summed E-state index contributed by atoms with van der Waals surface area (Å²) in [5.74, 6) is -0.896. The van der Waals surface area contributed by atoms with Gasteiger partial charge in [-0.2, -0.15) is 0 Å². The van der Waals surface area contributed by atoms with Crippen LogP contribution < -0.4 is 5.32 Å². The Bertz CT molecular complexity index is 113. The van der Waals surface area contributed by atoms with Crippen LogP contribution in [0.25, 0.3) is 0 Å². The van der Waals surface area contributed by atoms with E-state index in [0.717, 1.165) is 0 Å². The summed E-state index contributed by atoms with van der Waals surface area (Å²) in [6, 6.07) is -0.408. The second-order valence-electron chi connectivity index (χ2n) is 2.16. The van der Waals surface area contributed by atoms with Crippen molar-refractivity contribution in [2.75, 3.05) is 19.8 Å². The summed E-state index contributed by atoms with van der Waals surface area (Å²) >= 11 is 0. The van der Waals surface area contributed by atoms with Gasteiger partial charge in [0.05, 0.1) is 25.7 Å². The quantitative estimate of drug-likeness (QED) is 0.379. The molecule has 0 aromatic heterocycles. The highest BCUT2D eigenvalue weighted by Gasteiger charge is 2.04. The molecule has 0 aliphatic carbocycles. The van der Waals surface area contributed by atoms with E-state index in [0.29, 0.717) is 0 Å². The highest BCUT2D eigenvalue weighted by molar-refractivity contribution is 5.66. The van der Waals surface area contributed by atoms with Gasteiger partial charge in [-0.05, 0) is 0 Å². The third kappa shape index (κ3) is 5.78. The summed E-state index contributed by atoms with van der Waals surface area (Å²) in [4.78, 5) is 9.99. The number of aliphatic hydroxyl groups is 2. The monoisotopic (exact) mass is 163 g/mol. The Morgan fingerprint density at radius 1 is 1.36 bits per heavy atom. The van der Waals surface area contributed by atoms with E-state index in [1.807, 2.05) is 0 Å². The van der Waals surface area contributed by atoms with Gasteiger partial charge >= 0.3 is 5.97 Å². The summed E-state index contributed by atoms with van der Waals surface area (Å²) in [6.45, 7) is -0.104. The second-order valence-corrected chi connectivity index (χ2v) is 2.16. The number of nitrogens with one attached hydrogen (secondary N) is 1. The summed E-state index contributed by atoms with van der Waals surface area (Å²) in [5.41, 5.74) is 0. The zero-order chi connectivity index (χ0) is 8.69. The van der Waals surface area contributed by atoms with Gasteiger partial charge in [0, 0.05) is 6.54 Å². The van der Waals surface area contributed by atoms with E-state index in [1.165, 1.54) is 0 Å². The molecule has 0 atom stereocenters. The number of aliphatic hydroxyl groups excluding tert-OH is 2. The van der Waals surface area contributed by atoms with E-state index in [-0.39, 0.29) is 26.2 Å². The van der Waals surface area contributed by atoms with E-state index in [4.69, 9.17) is 15.3 Å². The highest BCUT2D eigenvalue weighted by atomic mass is 16.4. The minimum Gasteiger partial charge on any atom is -0.481 e. The number of carboxylic acids is 1. The Balaban J connectivity index is 3.28. The molecule has 0 aliphatic heterocycles. The van der Waals surface area contributed by atoms with Crippen LogP contribution in [0.15, 0.2) is 0 Å². The van der Waals surface area contributed by atoms with E-state index < -0.39 is 12.0 Å². The molecule has 4 N–H and O–H groups in total. The lowest BCUT2D eigenvalue weighted by molar-refractivity contribution is -0.136. The molecule has 0 rings (SSSR count). The zero-order valence-electron chi connectivity index (χ0n) is 6.16. The van der Waals surface area contributed by atoms with Crippen molar-refractivity contribution in [3.63, 3.8) is 0 Å². The molecule has 0 spiro atoms. The first-order chi connectivity index (χ1) is 5.20. The Hall–Kier alpha value is -0.650. The first kappa shape index (κ1) is 10.3. The van der Waals surface area contributed by atoms with Crippen molar-refractivity contribution in [1.82, 2.24) is 5.32 Å². The van der Waals surface area contributed by atoms with E-state index in [1.54, 1.807) is 0 Å². The molecule has 0 amide bonds. The van der Waals surface area contributed by atoms with Crippen molar-refractivity contribution in [2.24, 2.45) is 0 Å². The van der Waals surface area contributed by atoms with Crippen molar-refractivity contribution in [1.29, 1.82) is 0 Å². The highest BCUT2D eigenvalue weighted by Crippen LogP contribution is 1.81. The third-order valence-corrected chi connectivity index (χ3v) is 1.21. The minimum atomic E-state index is -0.896. The van der Waals surface area contributed by atoms with Gasteiger partial charge in [-0.25, -0.2) is 0 Å². The van der Waals surface area contributed by atoms with Crippen molar-refractivity contribution in [2.45, 2.75) is 12.5 Å². The van der Waals surface area contributed by atoms with Crippen molar-refractivity contribution < 1.29 is 20.1 Å². The molecule has 0 saturated carbocycles. The number of aliphatic carboxylic acids is 1. The fourth-order valence-electron chi connectivity index (χ4n) is 0.570. The van der Waals surface area contributed by atoms with Gasteiger partial charge in [0.15, 0.2) is 0 Å². The third-order valence-electron chi connectivity index (χ3n) is 1.21. The van der Waals surface area contributed by atoms with E-state index >= 15 is 0 Å². The van der Waals surface area contributed by atoms with Gasteiger partial charge in [0.2, 0.25) is 0 Å². The van der Waals surface area contributed by atoms with Gasteiger partial charge in [-0.1, -0.05) is 0 Å². The predicted molar refractivity (Wildman–Crippen MR) is 38.2 cm³/mol. The summed E-state index contributed by atoms with van der Waals surface area (Å²) in [6.07, 6.45) is -0.00347. The standard InChI is InChI=1S/C6H13NO4/c8-3-5(4-9)7-2-1-6(10)11/h5,7-9H,1-4H2,(H,10,11). The van der Waals surface area contributed by atoms with Crippen LogP contribution in [0, 0.1) is 0 Å². The average Bonchev–Trinajstić information content (AvgIpc) is 1.98. The predicted octanol–water partition coefficient (Wildman–Crippen LogP) is -1.60. The van der Waals surface area contributed by atoms with Gasteiger partial charge in [-0.15, -0.1) is 0 Å². The van der Waals surface area contributed by atoms with Crippen molar-refractivity contribution in [3.05, 3.63) is 0 Å². The Morgan fingerprint density at radius 3 is 2.27 bits per heavy atom. The van der Waals surface area contributed by atoms with Gasteiger partial charge in [-0.3, -0.25) is 4.79 Å². The van der Waals surface area contributed by atoms with Crippen LogP contribution in [0.3, 0.4) is 0 Å². The first-order valence-electron chi connectivity index (χ1n) is 3.37. The molecule has 0 heterocycles. The van der Waals surface area contributed by atoms with Crippen molar-refractivity contribution >= 4 is 5.97 Å². The average molecular weight is 163 g/mol. The summed E-state index contributed by atoms with van der Waals surface area (Å²) < 4.78 is 0. The van der Waals surface area contributed by atoms with Crippen LogP contribution in [0.4, 0.5) is 0 Å². The number of hydrogen-bond acceptors (Lipinski definition) is 4. The SMILES string of the molecule is O=C(O)CCNC(CO)CO. The maximum atomic E-state index is 9.99. The zero-order valence-corrected chi connectivity index (χ0v) is 6.16. The first-order valence-corrected chi connectivity index (χ1v) is 3.37. The largest absolute Gasteiger partial charge is 0.481 e. The molecule has 5 nitrogen and oxygen atoms in total. The smallest absolute Gasteiger partial charge is 0.304 e. The molecule has 5 heteroatoms. The molecule has 0 aromatic carbocycles. The Labute approximate surface area is 64.7 Å². The van der Waals surface area contributed by atoms with E-state index in [9.17, 15) is 4.79 Å². The van der Waals surface area contributed by atoms with Gasteiger partial charge in [0.1, 0.15) is 0 Å². The van der Waals surface area contributed by atoms with Crippen LogP contribution >= 0.6 is 0 Å². The maximum absolute atomic E-state index is 9.99. The number of hydrogen-bond donors (Lipinski definition) is 4. The lowest BCUT2D eigenvalue weighted by Gasteiger charge is -2.11. The van der Waals surface area contributed by atoms with Crippen LogP contribution in [0.1, 0.15) is 6.42 Å². The molecule has 0 unspecified atom stereocenters. The molecular weight excluding hydrogens is 150 g/mol. The van der Waals surface area contributed by atoms with Crippen molar-refractivity contribution in [3.8, 4) is 0 Å². The molecule has 0 aliphatic rings. The Morgan fingerprint density at radius 2 is 1.91 bits per heavy atom. The molecule has 0 bridgehead atoms. The summed E-state index contributed by atoms with van der Waals surface area (Å²) in [7, 11) is 0. The van der Waals surface area contributed by atoms with Crippen LogP contribution in [0.2, 0.25) is 0 Å². The summed E-state index contributed by atoms with van der Waals surface area (Å²) in [5, 5.41) is 27.9. The van der Waals surface area contributed by atoms with Crippen LogP contribution in [0.5, 0.6) is 0 Å². The lowest BCUT2D eigenvalue weighted by atomic mass is 10.3. The van der Waals surface area contributed by atoms with Gasteiger partial charge < -0.3 is 20.6 Å². The second kappa shape index (κ2) is 6.09. The molecule has 0 fully saturated rings. The molecule has 66 valence electrons. The molecular formula is C6H13NO4. The van der Waals surface area contributed by atoms with Gasteiger partial charge in [0.25, 0.3) is 0 Å². The topological polar surface area (TPSA) is 89.8 Å². The van der Waals surface area contributed by atoms with Crippen LogP contribution in [-0.2, 0) is 4.79 Å². The maximum Gasteiger partial charge on any atom is 0.304 e.